The van der Waals surface area contributed by atoms with Crippen LogP contribution >= 0.6 is 12.2 Å². The molecule has 1 fully saturated rings. The molecule has 1 aromatic rings. The minimum atomic E-state index is 0.102. The molecule has 2 heterocycles. The van der Waals surface area contributed by atoms with Gasteiger partial charge in [0.25, 0.3) is 0 Å². The second kappa shape index (κ2) is 8.24. The van der Waals surface area contributed by atoms with Gasteiger partial charge in [0.15, 0.2) is 4.77 Å². The molecule has 0 bridgehead atoms. The van der Waals surface area contributed by atoms with Crippen LogP contribution in [0.25, 0.3) is 0 Å². The molecule has 1 amide bonds. The van der Waals surface area contributed by atoms with E-state index in [4.69, 9.17) is 12.2 Å². The normalized spacial score (nSPS) is 17.2. The summed E-state index contributed by atoms with van der Waals surface area (Å²) in [6, 6.07) is 0. The number of allylic oxidation sites excluding steroid dienone is 3. The molecule has 0 atom stereocenters. The van der Waals surface area contributed by atoms with Crippen molar-refractivity contribution < 1.29 is 4.79 Å². The van der Waals surface area contributed by atoms with Gasteiger partial charge < -0.3 is 9.47 Å². The zero-order valence-electron chi connectivity index (χ0n) is 14.2. The van der Waals surface area contributed by atoms with E-state index in [1.165, 1.54) is 5.57 Å². The van der Waals surface area contributed by atoms with Gasteiger partial charge in [-0.05, 0) is 45.3 Å². The van der Waals surface area contributed by atoms with Crippen molar-refractivity contribution in [2.24, 2.45) is 0 Å². The summed E-state index contributed by atoms with van der Waals surface area (Å²) in [7, 11) is 0. The smallest absolute Gasteiger partial charge is 0.246 e. The van der Waals surface area contributed by atoms with Crippen LogP contribution in [0.3, 0.4) is 0 Å². The van der Waals surface area contributed by atoms with Crippen molar-refractivity contribution in [1.82, 2.24) is 19.7 Å². The maximum Gasteiger partial charge on any atom is 0.246 e. The van der Waals surface area contributed by atoms with Crippen molar-refractivity contribution in [2.75, 3.05) is 13.1 Å². The number of carbonyl (C=O) groups excluding carboxylic acids is 1. The van der Waals surface area contributed by atoms with Crippen LogP contribution in [0.4, 0.5) is 0 Å². The average molecular weight is 334 g/mol. The van der Waals surface area contributed by atoms with E-state index in [2.05, 4.69) is 28.6 Å². The zero-order valence-corrected chi connectivity index (χ0v) is 15.0. The minimum absolute atomic E-state index is 0.102. The topological polar surface area (TPSA) is 53.9 Å². The van der Waals surface area contributed by atoms with Gasteiger partial charge in [0, 0.05) is 31.6 Å². The van der Waals surface area contributed by atoms with Gasteiger partial charge in [0.2, 0.25) is 5.91 Å². The molecule has 1 aliphatic heterocycles. The van der Waals surface area contributed by atoms with Crippen LogP contribution in [0.15, 0.2) is 23.8 Å². The first kappa shape index (κ1) is 17.7. The third kappa shape index (κ3) is 4.19. The Labute approximate surface area is 143 Å². The van der Waals surface area contributed by atoms with Crippen LogP contribution < -0.4 is 0 Å². The summed E-state index contributed by atoms with van der Waals surface area (Å²) in [5.74, 6) is 1.51. The number of rotatable bonds is 5. The number of aromatic amines is 1. The van der Waals surface area contributed by atoms with E-state index < -0.39 is 0 Å². The van der Waals surface area contributed by atoms with Gasteiger partial charge in [-0.1, -0.05) is 24.6 Å². The van der Waals surface area contributed by atoms with Crippen molar-refractivity contribution in [3.8, 4) is 0 Å². The number of carbonyl (C=O) groups is 1. The molecule has 0 radical (unpaired) electrons. The van der Waals surface area contributed by atoms with Crippen molar-refractivity contribution in [3.05, 3.63) is 34.4 Å². The van der Waals surface area contributed by atoms with E-state index in [1.807, 2.05) is 24.0 Å². The molecular formula is C17H26N4OS. The third-order valence-corrected chi connectivity index (χ3v) is 4.81. The SMILES string of the molecule is CC=C(C=CC(=O)N1CCC(c2n[nH]c(=S)n2CC)CC1)CC. The maximum absolute atomic E-state index is 12.3. The van der Waals surface area contributed by atoms with E-state index in [-0.39, 0.29) is 5.91 Å². The van der Waals surface area contributed by atoms with Gasteiger partial charge in [-0.3, -0.25) is 9.89 Å². The Morgan fingerprint density at radius 3 is 2.61 bits per heavy atom. The minimum Gasteiger partial charge on any atom is -0.339 e. The van der Waals surface area contributed by atoms with E-state index in [0.29, 0.717) is 10.7 Å². The van der Waals surface area contributed by atoms with Crippen LogP contribution in [0.5, 0.6) is 0 Å². The van der Waals surface area contributed by atoms with Gasteiger partial charge >= 0.3 is 0 Å². The molecule has 1 aliphatic rings. The predicted molar refractivity (Wildman–Crippen MR) is 94.8 cm³/mol. The molecule has 0 spiro atoms. The zero-order chi connectivity index (χ0) is 16.8. The third-order valence-electron chi connectivity index (χ3n) is 4.49. The fourth-order valence-electron chi connectivity index (χ4n) is 3.01. The highest BCUT2D eigenvalue weighted by molar-refractivity contribution is 7.71. The number of amides is 1. The molecule has 1 saturated heterocycles. The van der Waals surface area contributed by atoms with Gasteiger partial charge in [-0.25, -0.2) is 0 Å². The van der Waals surface area contributed by atoms with Crippen molar-refractivity contribution in [3.63, 3.8) is 0 Å². The molecule has 0 aromatic carbocycles. The van der Waals surface area contributed by atoms with Crippen LogP contribution in [-0.4, -0.2) is 38.7 Å². The number of H-pyrrole nitrogens is 1. The van der Waals surface area contributed by atoms with E-state index in [9.17, 15) is 4.79 Å². The first-order chi connectivity index (χ1) is 11.1. The second-order valence-corrected chi connectivity index (χ2v) is 6.17. The standard InChI is InChI=1S/C17H26N4OS/c1-4-13(5-2)7-8-15(22)20-11-9-14(10-12-20)16-18-19-17(23)21(16)6-3/h4,7-8,14H,5-6,9-12H2,1-3H3,(H,19,23). The summed E-state index contributed by atoms with van der Waals surface area (Å²) in [5, 5.41) is 7.27. The molecule has 0 saturated carbocycles. The molecule has 126 valence electrons. The quantitative estimate of drug-likeness (QED) is 0.509. The molecule has 23 heavy (non-hydrogen) atoms. The first-order valence-corrected chi connectivity index (χ1v) is 8.78. The Balaban J connectivity index is 1.96. The fraction of sp³-hybridized carbons (Fsp3) is 0.588. The van der Waals surface area contributed by atoms with Gasteiger partial charge in [0.05, 0.1) is 0 Å². The summed E-state index contributed by atoms with van der Waals surface area (Å²) in [5.41, 5.74) is 1.19. The Morgan fingerprint density at radius 1 is 1.35 bits per heavy atom. The molecule has 2 rings (SSSR count). The highest BCUT2D eigenvalue weighted by Crippen LogP contribution is 2.27. The predicted octanol–water partition coefficient (Wildman–Crippen LogP) is 3.58. The summed E-state index contributed by atoms with van der Waals surface area (Å²) >= 11 is 5.25. The molecule has 1 aromatic heterocycles. The van der Waals surface area contributed by atoms with Crippen molar-refractivity contribution >= 4 is 18.1 Å². The van der Waals surface area contributed by atoms with Crippen LogP contribution in [0.2, 0.25) is 0 Å². The lowest BCUT2D eigenvalue weighted by atomic mass is 9.95. The Hall–Kier alpha value is -1.69. The van der Waals surface area contributed by atoms with Crippen molar-refractivity contribution in [2.45, 2.75) is 52.5 Å². The van der Waals surface area contributed by atoms with E-state index >= 15 is 0 Å². The second-order valence-electron chi connectivity index (χ2n) is 5.78. The Bertz CT molecular complexity index is 648. The number of piperidine rings is 1. The summed E-state index contributed by atoms with van der Waals surface area (Å²) in [4.78, 5) is 14.2. The highest BCUT2D eigenvalue weighted by atomic mass is 32.1. The van der Waals surface area contributed by atoms with E-state index in [1.54, 1.807) is 6.08 Å². The maximum atomic E-state index is 12.3. The Morgan fingerprint density at radius 2 is 2.04 bits per heavy atom. The number of nitrogens with zero attached hydrogens (tertiary/aromatic N) is 3. The van der Waals surface area contributed by atoms with Crippen molar-refractivity contribution in [1.29, 1.82) is 0 Å². The van der Waals surface area contributed by atoms with Crippen LogP contribution in [-0.2, 0) is 11.3 Å². The largest absolute Gasteiger partial charge is 0.339 e. The number of nitrogens with one attached hydrogen (secondary N) is 1. The molecule has 5 nitrogen and oxygen atoms in total. The van der Waals surface area contributed by atoms with Crippen LogP contribution in [0, 0.1) is 4.77 Å². The average Bonchev–Trinajstić information content (AvgIpc) is 2.96. The van der Waals surface area contributed by atoms with Crippen LogP contribution in [0.1, 0.15) is 51.8 Å². The lowest BCUT2D eigenvalue weighted by molar-refractivity contribution is -0.127. The molecule has 0 unspecified atom stereocenters. The fourth-order valence-corrected chi connectivity index (χ4v) is 3.28. The molecule has 6 heteroatoms. The molecule has 1 N–H and O–H groups in total. The summed E-state index contributed by atoms with van der Waals surface area (Å²) in [6.07, 6.45) is 8.48. The van der Waals surface area contributed by atoms with Gasteiger partial charge in [0.1, 0.15) is 5.82 Å². The highest BCUT2D eigenvalue weighted by Gasteiger charge is 2.26. The summed E-state index contributed by atoms with van der Waals surface area (Å²) in [6.45, 7) is 8.54. The lowest BCUT2D eigenvalue weighted by Gasteiger charge is -2.31. The number of aromatic nitrogens is 3. The van der Waals surface area contributed by atoms with Gasteiger partial charge in [-0.15, -0.1) is 0 Å². The Kier molecular flexibility index (Phi) is 6.33. The first-order valence-electron chi connectivity index (χ1n) is 8.37. The number of likely N-dealkylation sites (tertiary alicyclic amines) is 1. The summed E-state index contributed by atoms with van der Waals surface area (Å²) < 4.78 is 2.74. The lowest BCUT2D eigenvalue weighted by Crippen LogP contribution is -2.37. The molecule has 0 aliphatic carbocycles. The number of hydrogen-bond acceptors (Lipinski definition) is 3. The molecular weight excluding hydrogens is 308 g/mol. The number of hydrogen-bond donors (Lipinski definition) is 1. The van der Waals surface area contributed by atoms with E-state index in [0.717, 1.165) is 44.7 Å². The van der Waals surface area contributed by atoms with Gasteiger partial charge in [-0.2, -0.15) is 5.10 Å². The monoisotopic (exact) mass is 334 g/mol.